The highest BCUT2D eigenvalue weighted by Crippen LogP contribution is 2.31. The Labute approximate surface area is 168 Å². The van der Waals surface area contributed by atoms with Gasteiger partial charge in [-0.2, -0.15) is 0 Å². The van der Waals surface area contributed by atoms with E-state index >= 15 is 0 Å². The molecule has 1 fully saturated rings. The van der Waals surface area contributed by atoms with Crippen LogP contribution < -0.4 is 10.1 Å². The molecule has 1 aliphatic heterocycles. The average molecular weight is 390 g/mol. The molecule has 0 spiro atoms. The van der Waals surface area contributed by atoms with Crippen molar-refractivity contribution >= 4 is 28.3 Å². The fraction of sp³-hybridized carbons (Fsp3) is 0.217. The lowest BCUT2D eigenvalue weighted by atomic mass is 10.1. The van der Waals surface area contributed by atoms with Crippen molar-refractivity contribution in [2.24, 2.45) is 5.92 Å². The van der Waals surface area contributed by atoms with Crippen molar-refractivity contribution in [1.29, 1.82) is 0 Å². The monoisotopic (exact) mass is 390 g/mol. The maximum atomic E-state index is 12.8. The molecule has 0 bridgehead atoms. The number of benzene rings is 3. The average Bonchev–Trinajstić information content (AvgIpc) is 3.10. The highest BCUT2D eigenvalue weighted by molar-refractivity contribution is 6.05. The lowest BCUT2D eigenvalue weighted by Gasteiger charge is -2.17. The Bertz CT molecular complexity index is 1060. The Morgan fingerprint density at radius 3 is 2.59 bits per heavy atom. The number of hydrogen-bond donors (Lipinski definition) is 2. The summed E-state index contributed by atoms with van der Waals surface area (Å²) in [6.45, 7) is 0.849. The van der Waals surface area contributed by atoms with E-state index in [4.69, 9.17) is 4.74 Å². The molecule has 0 aromatic heterocycles. The number of ether oxygens (including phenoxy) is 1. The number of carbonyl (C=O) groups is 2. The molecule has 1 heterocycles. The van der Waals surface area contributed by atoms with Crippen molar-refractivity contribution in [3.63, 3.8) is 0 Å². The number of likely N-dealkylation sites (tertiary alicyclic amines) is 1. The van der Waals surface area contributed by atoms with Gasteiger partial charge in [0.1, 0.15) is 11.5 Å². The van der Waals surface area contributed by atoms with Crippen molar-refractivity contribution in [3.05, 3.63) is 66.2 Å². The molecule has 0 aliphatic carbocycles. The van der Waals surface area contributed by atoms with Crippen LogP contribution in [0, 0.1) is 5.92 Å². The minimum atomic E-state index is -0.409. The number of phenolic OH excluding ortho intramolecular Hbond substituents is 1. The normalized spacial score (nSPS) is 16.2. The van der Waals surface area contributed by atoms with Gasteiger partial charge in [0.25, 0.3) is 0 Å². The van der Waals surface area contributed by atoms with Crippen molar-refractivity contribution in [2.75, 3.05) is 19.0 Å². The fourth-order valence-electron chi connectivity index (χ4n) is 3.69. The molecule has 6 heteroatoms. The van der Waals surface area contributed by atoms with Gasteiger partial charge in [0.15, 0.2) is 0 Å². The molecule has 3 aromatic carbocycles. The quantitative estimate of drug-likeness (QED) is 0.698. The predicted octanol–water partition coefficient (Wildman–Crippen LogP) is 3.54. The zero-order valence-corrected chi connectivity index (χ0v) is 16.1. The number of rotatable bonds is 5. The molecule has 148 valence electrons. The predicted molar refractivity (Wildman–Crippen MR) is 111 cm³/mol. The SMILES string of the molecule is COc1ccc(CN2CC(C(=O)Nc3cccc4c(O)cccc34)CC2=O)cc1. The summed E-state index contributed by atoms with van der Waals surface area (Å²) in [7, 11) is 1.61. The van der Waals surface area contributed by atoms with Gasteiger partial charge < -0.3 is 20.1 Å². The molecular formula is C23H22N2O4. The van der Waals surface area contributed by atoms with Gasteiger partial charge >= 0.3 is 0 Å². The summed E-state index contributed by atoms with van der Waals surface area (Å²) in [5.74, 6) is 0.302. The van der Waals surface area contributed by atoms with E-state index < -0.39 is 5.92 Å². The number of fused-ring (bicyclic) bond motifs is 1. The van der Waals surface area contributed by atoms with Crippen LogP contribution in [0.1, 0.15) is 12.0 Å². The Hall–Kier alpha value is -3.54. The van der Waals surface area contributed by atoms with Gasteiger partial charge in [0.2, 0.25) is 11.8 Å². The van der Waals surface area contributed by atoms with Crippen molar-refractivity contribution in [2.45, 2.75) is 13.0 Å². The van der Waals surface area contributed by atoms with Gasteiger partial charge in [-0.15, -0.1) is 0 Å². The van der Waals surface area contributed by atoms with Crippen molar-refractivity contribution in [1.82, 2.24) is 4.90 Å². The van der Waals surface area contributed by atoms with Gasteiger partial charge in [-0.05, 0) is 29.8 Å². The Balaban J connectivity index is 1.45. The second kappa shape index (κ2) is 7.83. The molecule has 2 N–H and O–H groups in total. The Morgan fingerprint density at radius 2 is 1.83 bits per heavy atom. The van der Waals surface area contributed by atoms with Crippen LogP contribution in [0.15, 0.2) is 60.7 Å². The number of aromatic hydroxyl groups is 1. The van der Waals surface area contributed by atoms with Crippen LogP contribution in [0.5, 0.6) is 11.5 Å². The highest BCUT2D eigenvalue weighted by atomic mass is 16.5. The zero-order chi connectivity index (χ0) is 20.4. The summed E-state index contributed by atoms with van der Waals surface area (Å²) in [6.07, 6.45) is 0.192. The van der Waals surface area contributed by atoms with E-state index in [1.165, 1.54) is 0 Å². The third kappa shape index (κ3) is 3.87. The van der Waals surface area contributed by atoms with E-state index in [1.54, 1.807) is 42.3 Å². The molecule has 1 saturated heterocycles. The third-order valence-corrected chi connectivity index (χ3v) is 5.27. The number of anilines is 1. The van der Waals surface area contributed by atoms with Crippen LogP contribution in [-0.4, -0.2) is 35.5 Å². The smallest absolute Gasteiger partial charge is 0.229 e. The second-order valence-electron chi connectivity index (χ2n) is 7.19. The minimum Gasteiger partial charge on any atom is -0.507 e. The second-order valence-corrected chi connectivity index (χ2v) is 7.19. The molecule has 29 heavy (non-hydrogen) atoms. The number of nitrogens with one attached hydrogen (secondary N) is 1. The summed E-state index contributed by atoms with van der Waals surface area (Å²) in [5, 5.41) is 14.4. The maximum absolute atomic E-state index is 12.8. The van der Waals surface area contributed by atoms with Crippen molar-refractivity contribution in [3.8, 4) is 11.5 Å². The van der Waals surface area contributed by atoms with E-state index in [-0.39, 0.29) is 24.0 Å². The first-order valence-electron chi connectivity index (χ1n) is 9.47. The summed E-state index contributed by atoms with van der Waals surface area (Å²) in [4.78, 5) is 26.9. The van der Waals surface area contributed by atoms with Crippen LogP contribution >= 0.6 is 0 Å². The lowest BCUT2D eigenvalue weighted by Crippen LogP contribution is -2.28. The van der Waals surface area contributed by atoms with E-state index in [0.717, 1.165) is 16.7 Å². The van der Waals surface area contributed by atoms with Crippen molar-refractivity contribution < 1.29 is 19.4 Å². The first kappa shape index (κ1) is 18.8. The number of nitrogens with zero attached hydrogens (tertiary/aromatic N) is 1. The number of hydrogen-bond acceptors (Lipinski definition) is 4. The Kier molecular flexibility index (Phi) is 5.08. The molecule has 0 saturated carbocycles. The first-order chi connectivity index (χ1) is 14.0. The van der Waals surface area contributed by atoms with Gasteiger partial charge in [-0.25, -0.2) is 0 Å². The first-order valence-corrected chi connectivity index (χ1v) is 9.47. The largest absolute Gasteiger partial charge is 0.507 e. The summed E-state index contributed by atoms with van der Waals surface area (Å²) < 4.78 is 5.15. The standard InChI is InChI=1S/C23H22N2O4/c1-29-17-10-8-15(9-11-17)13-25-14-16(12-22(25)27)23(28)24-20-6-2-5-19-18(20)4-3-7-21(19)26/h2-11,16,26H,12-14H2,1H3,(H,24,28). The molecule has 6 nitrogen and oxygen atoms in total. The number of methoxy groups -OCH3 is 1. The molecule has 1 atom stereocenters. The summed E-state index contributed by atoms with van der Waals surface area (Å²) in [5.41, 5.74) is 1.62. The molecule has 1 unspecified atom stereocenters. The molecule has 3 aromatic rings. The molecule has 4 rings (SSSR count). The van der Waals surface area contributed by atoms with Crippen LogP contribution in [0.3, 0.4) is 0 Å². The van der Waals surface area contributed by atoms with Crippen LogP contribution in [-0.2, 0) is 16.1 Å². The zero-order valence-electron chi connectivity index (χ0n) is 16.1. The number of phenols is 1. The fourth-order valence-corrected chi connectivity index (χ4v) is 3.69. The van der Waals surface area contributed by atoms with Crippen LogP contribution in [0.2, 0.25) is 0 Å². The van der Waals surface area contributed by atoms with E-state index in [1.807, 2.05) is 30.3 Å². The topological polar surface area (TPSA) is 78.9 Å². The molecule has 0 radical (unpaired) electrons. The van der Waals surface area contributed by atoms with Gasteiger partial charge in [-0.1, -0.05) is 36.4 Å². The third-order valence-electron chi connectivity index (χ3n) is 5.27. The molecular weight excluding hydrogens is 368 g/mol. The van der Waals surface area contributed by atoms with Gasteiger partial charge in [-0.3, -0.25) is 9.59 Å². The number of carbonyl (C=O) groups excluding carboxylic acids is 2. The highest BCUT2D eigenvalue weighted by Gasteiger charge is 2.34. The number of amides is 2. The summed E-state index contributed by atoms with van der Waals surface area (Å²) >= 11 is 0. The van der Waals surface area contributed by atoms with E-state index in [9.17, 15) is 14.7 Å². The molecule has 1 aliphatic rings. The van der Waals surface area contributed by atoms with E-state index in [0.29, 0.717) is 24.2 Å². The Morgan fingerprint density at radius 1 is 1.10 bits per heavy atom. The summed E-state index contributed by atoms with van der Waals surface area (Å²) in [6, 6.07) is 18.1. The lowest BCUT2D eigenvalue weighted by molar-refractivity contribution is -0.128. The minimum absolute atomic E-state index is 0.0310. The molecule has 2 amide bonds. The van der Waals surface area contributed by atoms with Crippen LogP contribution in [0.4, 0.5) is 5.69 Å². The van der Waals surface area contributed by atoms with E-state index in [2.05, 4.69) is 5.32 Å². The van der Waals surface area contributed by atoms with Gasteiger partial charge in [0, 0.05) is 36.0 Å². The van der Waals surface area contributed by atoms with Crippen LogP contribution in [0.25, 0.3) is 10.8 Å². The maximum Gasteiger partial charge on any atom is 0.229 e. The van der Waals surface area contributed by atoms with Gasteiger partial charge in [0.05, 0.1) is 13.0 Å².